The quantitative estimate of drug-likeness (QED) is 0.808. The van der Waals surface area contributed by atoms with E-state index in [2.05, 4.69) is 35.8 Å². The van der Waals surface area contributed by atoms with Crippen LogP contribution >= 0.6 is 0 Å². The van der Waals surface area contributed by atoms with E-state index in [1.807, 2.05) is 4.68 Å². The molecule has 15 heavy (non-hydrogen) atoms. The molecule has 5 heteroatoms. The molecule has 0 bridgehead atoms. The molecule has 2 N–H and O–H groups in total. The summed E-state index contributed by atoms with van der Waals surface area (Å²) in [5.74, 6) is 0.992. The van der Waals surface area contributed by atoms with Gasteiger partial charge in [-0.2, -0.15) is 5.10 Å². The van der Waals surface area contributed by atoms with Crippen LogP contribution in [0.2, 0.25) is 0 Å². The predicted octanol–water partition coefficient (Wildman–Crippen LogP) is 1.63. The lowest BCUT2D eigenvalue weighted by molar-refractivity contribution is 0.383. The summed E-state index contributed by atoms with van der Waals surface area (Å²) in [5, 5.41) is 5.14. The van der Waals surface area contributed by atoms with Crippen molar-refractivity contribution in [3.8, 4) is 0 Å². The smallest absolute Gasteiger partial charge is 0.163 e. The van der Waals surface area contributed by atoms with Crippen molar-refractivity contribution in [1.29, 1.82) is 0 Å². The van der Waals surface area contributed by atoms with Crippen LogP contribution in [-0.2, 0) is 0 Å². The summed E-state index contributed by atoms with van der Waals surface area (Å²) >= 11 is 0. The maximum Gasteiger partial charge on any atom is 0.163 e. The number of hydrogen-bond acceptors (Lipinski definition) is 4. The first-order valence-electron chi connectivity index (χ1n) is 5.05. The maximum absolute atomic E-state index is 5.74. The molecule has 0 aliphatic heterocycles. The van der Waals surface area contributed by atoms with Crippen molar-refractivity contribution in [1.82, 2.24) is 19.7 Å². The highest BCUT2D eigenvalue weighted by atomic mass is 15.3. The largest absolute Gasteiger partial charge is 0.383 e. The van der Waals surface area contributed by atoms with Gasteiger partial charge in [-0.3, -0.25) is 0 Å². The Bertz CT molecular complexity index is 474. The number of anilines is 1. The van der Waals surface area contributed by atoms with Gasteiger partial charge in [0, 0.05) is 0 Å². The Morgan fingerprint density at radius 1 is 1.27 bits per heavy atom. The molecule has 0 saturated carbocycles. The Kier molecular flexibility index (Phi) is 2.30. The third kappa shape index (κ3) is 1.54. The van der Waals surface area contributed by atoms with Gasteiger partial charge in [0.05, 0.1) is 17.6 Å². The lowest BCUT2D eigenvalue weighted by Crippen LogP contribution is -2.13. The summed E-state index contributed by atoms with van der Waals surface area (Å²) < 4.78 is 1.90. The second kappa shape index (κ2) is 3.49. The molecule has 0 aliphatic carbocycles. The first-order valence-corrected chi connectivity index (χ1v) is 5.05. The zero-order valence-corrected chi connectivity index (χ0v) is 9.18. The van der Waals surface area contributed by atoms with Gasteiger partial charge in [0.1, 0.15) is 12.1 Å². The fraction of sp³-hybridized carbons (Fsp3) is 0.500. The summed E-state index contributed by atoms with van der Waals surface area (Å²) in [6.07, 6.45) is 3.20. The number of fused-ring (bicyclic) bond motifs is 1. The van der Waals surface area contributed by atoms with E-state index in [1.165, 1.54) is 6.33 Å². The number of hydrogen-bond donors (Lipinski definition) is 1. The molecular weight excluding hydrogens is 190 g/mol. The van der Waals surface area contributed by atoms with Crippen molar-refractivity contribution in [3.63, 3.8) is 0 Å². The minimum absolute atomic E-state index is 0.303. The number of aromatic nitrogens is 4. The lowest BCUT2D eigenvalue weighted by atomic mass is 10.1. The van der Waals surface area contributed by atoms with E-state index in [0.29, 0.717) is 17.8 Å². The Morgan fingerprint density at radius 3 is 2.67 bits per heavy atom. The van der Waals surface area contributed by atoms with Gasteiger partial charge < -0.3 is 5.73 Å². The highest BCUT2D eigenvalue weighted by Crippen LogP contribution is 2.22. The molecule has 2 aromatic rings. The van der Waals surface area contributed by atoms with Crippen LogP contribution < -0.4 is 5.73 Å². The van der Waals surface area contributed by atoms with Crippen LogP contribution in [0.3, 0.4) is 0 Å². The van der Waals surface area contributed by atoms with E-state index in [9.17, 15) is 0 Å². The van der Waals surface area contributed by atoms with E-state index in [1.54, 1.807) is 6.20 Å². The minimum atomic E-state index is 0.303. The number of nitrogens with two attached hydrogens (primary N) is 1. The van der Waals surface area contributed by atoms with Crippen molar-refractivity contribution in [2.45, 2.75) is 26.8 Å². The monoisotopic (exact) mass is 205 g/mol. The number of nitrogen functional groups attached to an aromatic ring is 1. The van der Waals surface area contributed by atoms with Crippen molar-refractivity contribution in [2.75, 3.05) is 5.73 Å². The average molecular weight is 205 g/mol. The highest BCUT2D eigenvalue weighted by Gasteiger charge is 2.15. The van der Waals surface area contributed by atoms with Crippen molar-refractivity contribution in [2.24, 2.45) is 5.92 Å². The normalized spacial score (nSPS) is 13.6. The van der Waals surface area contributed by atoms with Gasteiger partial charge in [-0.05, 0) is 12.8 Å². The van der Waals surface area contributed by atoms with Gasteiger partial charge in [-0.25, -0.2) is 14.6 Å². The predicted molar refractivity (Wildman–Crippen MR) is 59.3 cm³/mol. The van der Waals surface area contributed by atoms with Crippen molar-refractivity contribution < 1.29 is 0 Å². The molecule has 0 aliphatic rings. The molecule has 2 heterocycles. The lowest BCUT2D eigenvalue weighted by Gasteiger charge is -2.16. The van der Waals surface area contributed by atoms with Gasteiger partial charge >= 0.3 is 0 Å². The van der Waals surface area contributed by atoms with Crippen molar-refractivity contribution in [3.05, 3.63) is 12.5 Å². The molecule has 5 nitrogen and oxygen atoms in total. The van der Waals surface area contributed by atoms with E-state index in [-0.39, 0.29) is 0 Å². The molecule has 80 valence electrons. The van der Waals surface area contributed by atoms with Gasteiger partial charge in [-0.15, -0.1) is 0 Å². The zero-order chi connectivity index (χ0) is 11.0. The van der Waals surface area contributed by atoms with Crippen molar-refractivity contribution >= 4 is 16.9 Å². The summed E-state index contributed by atoms with van der Waals surface area (Å²) in [7, 11) is 0. The Hall–Kier alpha value is -1.65. The molecule has 0 fully saturated rings. The van der Waals surface area contributed by atoms with E-state index in [0.717, 1.165) is 11.0 Å². The average Bonchev–Trinajstić information content (AvgIpc) is 2.61. The molecule has 0 aromatic carbocycles. The zero-order valence-electron chi connectivity index (χ0n) is 9.18. The number of nitrogens with zero attached hydrogens (tertiary/aromatic N) is 4. The molecule has 0 spiro atoms. The first kappa shape index (κ1) is 9.89. The molecular formula is C10H15N5. The van der Waals surface area contributed by atoms with E-state index < -0.39 is 0 Å². The fourth-order valence-corrected chi connectivity index (χ4v) is 1.46. The molecule has 1 unspecified atom stereocenters. The Labute approximate surface area is 88.3 Å². The van der Waals surface area contributed by atoms with Crippen LogP contribution in [-0.4, -0.2) is 19.7 Å². The number of rotatable bonds is 2. The molecule has 0 amide bonds. The van der Waals surface area contributed by atoms with E-state index >= 15 is 0 Å². The van der Waals surface area contributed by atoms with Crippen LogP contribution in [0.5, 0.6) is 0 Å². The summed E-state index contributed by atoms with van der Waals surface area (Å²) in [5.41, 5.74) is 6.55. The first-order chi connectivity index (χ1) is 7.11. The standard InChI is InChI=1S/C10H15N5/c1-6(2)7(3)15-10-8(4-14-15)9(11)12-5-13-10/h4-7H,1-3H3,(H2,11,12,13). The van der Waals surface area contributed by atoms with Gasteiger partial charge in [-0.1, -0.05) is 13.8 Å². The summed E-state index contributed by atoms with van der Waals surface area (Å²) in [6.45, 7) is 6.43. The molecule has 2 rings (SSSR count). The SMILES string of the molecule is CC(C)C(C)n1ncc2c(N)ncnc21. The second-order valence-electron chi connectivity index (χ2n) is 4.07. The molecule has 2 aromatic heterocycles. The van der Waals surface area contributed by atoms with Crippen LogP contribution in [0.15, 0.2) is 12.5 Å². The minimum Gasteiger partial charge on any atom is -0.383 e. The summed E-state index contributed by atoms with van der Waals surface area (Å²) in [4.78, 5) is 8.15. The maximum atomic E-state index is 5.74. The van der Waals surface area contributed by atoms with Crippen LogP contribution in [0.1, 0.15) is 26.8 Å². The molecule has 0 radical (unpaired) electrons. The summed E-state index contributed by atoms with van der Waals surface area (Å²) in [6, 6.07) is 0.303. The Balaban J connectivity index is 2.59. The van der Waals surface area contributed by atoms with E-state index in [4.69, 9.17) is 5.73 Å². The highest BCUT2D eigenvalue weighted by molar-refractivity contribution is 5.84. The third-order valence-electron chi connectivity index (χ3n) is 2.77. The molecule has 0 saturated heterocycles. The van der Waals surface area contributed by atoms with Gasteiger partial charge in [0.2, 0.25) is 0 Å². The molecule has 1 atom stereocenters. The third-order valence-corrected chi connectivity index (χ3v) is 2.77. The van der Waals surface area contributed by atoms with Gasteiger partial charge in [0.15, 0.2) is 5.65 Å². The van der Waals surface area contributed by atoms with Gasteiger partial charge in [0.25, 0.3) is 0 Å². The topological polar surface area (TPSA) is 69.6 Å². The van der Waals surface area contributed by atoms with Crippen LogP contribution in [0, 0.1) is 5.92 Å². The van der Waals surface area contributed by atoms with Crippen LogP contribution in [0.25, 0.3) is 11.0 Å². The fourth-order valence-electron chi connectivity index (χ4n) is 1.46. The second-order valence-corrected chi connectivity index (χ2v) is 4.07. The van der Waals surface area contributed by atoms with Crippen LogP contribution in [0.4, 0.5) is 5.82 Å². The Morgan fingerprint density at radius 2 is 2.00 bits per heavy atom.